The highest BCUT2D eigenvalue weighted by atomic mass is 19.1. The van der Waals surface area contributed by atoms with E-state index < -0.39 is 5.91 Å². The van der Waals surface area contributed by atoms with E-state index >= 15 is 0 Å². The van der Waals surface area contributed by atoms with Crippen LogP contribution in [0, 0.1) is 5.82 Å². The fraction of sp³-hybridized carbons (Fsp3) is 0.150. The quantitative estimate of drug-likeness (QED) is 0.753. The summed E-state index contributed by atoms with van der Waals surface area (Å²) in [6, 6.07) is 11.6. The number of hydrogen-bond donors (Lipinski definition) is 1. The Morgan fingerprint density at radius 2 is 2.04 bits per heavy atom. The standard InChI is InChI=1S/C20H18FN5O/c1-13(25-9-4-10-25)26(15-6-2-5-14(21)11-15)20-17-8-3-7-16(19(22)27)18(17)23-12-24-20/h2-9,11-13H,10H2,1H3,(H2,22,27)/t13-/m0/s1. The SMILES string of the molecule is C[C@@H](N1C=CC1)N(c1cccc(F)c1)c1ncnc2c(C(N)=O)cccc12. The Labute approximate surface area is 155 Å². The number of rotatable bonds is 5. The van der Waals surface area contributed by atoms with E-state index in [0.717, 1.165) is 6.54 Å². The summed E-state index contributed by atoms with van der Waals surface area (Å²) in [5.41, 5.74) is 6.96. The highest BCUT2D eigenvalue weighted by molar-refractivity contribution is 6.07. The number of nitrogens with zero attached hydrogens (tertiary/aromatic N) is 4. The number of anilines is 2. The van der Waals surface area contributed by atoms with Gasteiger partial charge in [-0.25, -0.2) is 14.4 Å². The van der Waals surface area contributed by atoms with Crippen LogP contribution in [0.5, 0.6) is 0 Å². The van der Waals surface area contributed by atoms with E-state index in [-0.39, 0.29) is 12.0 Å². The van der Waals surface area contributed by atoms with Crippen LogP contribution in [0.2, 0.25) is 0 Å². The maximum Gasteiger partial charge on any atom is 0.250 e. The molecule has 2 aromatic carbocycles. The largest absolute Gasteiger partial charge is 0.366 e. The van der Waals surface area contributed by atoms with E-state index in [2.05, 4.69) is 14.9 Å². The van der Waals surface area contributed by atoms with Crippen molar-refractivity contribution in [3.05, 3.63) is 72.4 Å². The normalized spacial score (nSPS) is 14.1. The number of carbonyl (C=O) groups excluding carboxylic acids is 1. The first-order valence-corrected chi connectivity index (χ1v) is 8.57. The van der Waals surface area contributed by atoms with Crippen LogP contribution >= 0.6 is 0 Å². The van der Waals surface area contributed by atoms with Gasteiger partial charge in [-0.3, -0.25) is 4.79 Å². The molecule has 3 aromatic rings. The van der Waals surface area contributed by atoms with Gasteiger partial charge in [0.25, 0.3) is 5.91 Å². The molecule has 0 saturated heterocycles. The van der Waals surface area contributed by atoms with Crippen molar-refractivity contribution in [2.45, 2.75) is 13.1 Å². The van der Waals surface area contributed by atoms with Crippen molar-refractivity contribution in [1.82, 2.24) is 14.9 Å². The van der Waals surface area contributed by atoms with Gasteiger partial charge < -0.3 is 15.5 Å². The van der Waals surface area contributed by atoms with E-state index in [1.165, 1.54) is 18.5 Å². The molecule has 27 heavy (non-hydrogen) atoms. The van der Waals surface area contributed by atoms with E-state index in [9.17, 15) is 9.18 Å². The Hall–Kier alpha value is -3.48. The fourth-order valence-electron chi connectivity index (χ4n) is 3.26. The Balaban J connectivity index is 1.94. The summed E-state index contributed by atoms with van der Waals surface area (Å²) >= 11 is 0. The number of aromatic nitrogens is 2. The average Bonchev–Trinajstić information content (AvgIpc) is 2.60. The summed E-state index contributed by atoms with van der Waals surface area (Å²) in [7, 11) is 0. The summed E-state index contributed by atoms with van der Waals surface area (Å²) in [5, 5.41) is 0.675. The third-order valence-corrected chi connectivity index (χ3v) is 4.69. The van der Waals surface area contributed by atoms with Crippen molar-refractivity contribution in [2.24, 2.45) is 5.73 Å². The minimum Gasteiger partial charge on any atom is -0.366 e. The predicted molar refractivity (Wildman–Crippen MR) is 102 cm³/mol. The van der Waals surface area contributed by atoms with Crippen LogP contribution in [0.25, 0.3) is 10.9 Å². The second-order valence-electron chi connectivity index (χ2n) is 6.33. The fourth-order valence-corrected chi connectivity index (χ4v) is 3.26. The summed E-state index contributed by atoms with van der Waals surface area (Å²) < 4.78 is 13.9. The minimum absolute atomic E-state index is 0.118. The van der Waals surface area contributed by atoms with Crippen LogP contribution in [-0.4, -0.2) is 33.5 Å². The number of nitrogens with two attached hydrogens (primary N) is 1. The van der Waals surface area contributed by atoms with E-state index in [1.54, 1.807) is 18.2 Å². The van der Waals surface area contributed by atoms with Gasteiger partial charge in [0.15, 0.2) is 0 Å². The molecule has 0 fully saturated rings. The summed E-state index contributed by atoms with van der Waals surface area (Å²) in [5.74, 6) is -0.303. The second kappa shape index (κ2) is 6.68. The molecule has 0 radical (unpaired) electrons. The van der Waals surface area contributed by atoms with Gasteiger partial charge in [-0.05, 0) is 49.5 Å². The molecular formula is C20H18FN5O. The van der Waals surface area contributed by atoms with Gasteiger partial charge in [-0.2, -0.15) is 0 Å². The monoisotopic (exact) mass is 363 g/mol. The van der Waals surface area contributed by atoms with Gasteiger partial charge in [0, 0.05) is 17.6 Å². The van der Waals surface area contributed by atoms with E-state index in [4.69, 9.17) is 5.73 Å². The first-order chi connectivity index (χ1) is 13.1. The van der Waals surface area contributed by atoms with Crippen molar-refractivity contribution >= 4 is 28.3 Å². The number of primary amides is 1. The lowest BCUT2D eigenvalue weighted by Gasteiger charge is -2.40. The van der Waals surface area contributed by atoms with Crippen LogP contribution < -0.4 is 10.6 Å². The van der Waals surface area contributed by atoms with Crippen LogP contribution in [0.15, 0.2) is 61.1 Å². The summed E-state index contributed by atoms with van der Waals surface area (Å²) in [6.45, 7) is 2.81. The lowest BCUT2D eigenvalue weighted by molar-refractivity contribution is 0.100. The van der Waals surface area contributed by atoms with Crippen molar-refractivity contribution in [3.63, 3.8) is 0 Å². The molecule has 1 aromatic heterocycles. The molecule has 0 saturated carbocycles. The summed E-state index contributed by atoms with van der Waals surface area (Å²) in [4.78, 5) is 24.5. The smallest absolute Gasteiger partial charge is 0.250 e. The zero-order chi connectivity index (χ0) is 19.0. The van der Waals surface area contributed by atoms with Gasteiger partial charge in [-0.15, -0.1) is 0 Å². The van der Waals surface area contributed by atoms with Gasteiger partial charge in [0.2, 0.25) is 0 Å². The molecular weight excluding hydrogens is 345 g/mol. The predicted octanol–water partition coefficient (Wildman–Crippen LogP) is 3.18. The molecule has 0 aliphatic carbocycles. The zero-order valence-corrected chi connectivity index (χ0v) is 14.7. The third-order valence-electron chi connectivity index (χ3n) is 4.69. The molecule has 4 rings (SSSR count). The van der Waals surface area contributed by atoms with Gasteiger partial charge in [0.1, 0.15) is 24.1 Å². The van der Waals surface area contributed by atoms with Gasteiger partial charge in [0.05, 0.1) is 11.1 Å². The van der Waals surface area contributed by atoms with Crippen molar-refractivity contribution in [1.29, 1.82) is 0 Å². The first kappa shape index (κ1) is 17.0. The Bertz CT molecular complexity index is 1050. The number of carbonyl (C=O) groups is 1. The van der Waals surface area contributed by atoms with Crippen LogP contribution in [0.4, 0.5) is 15.9 Å². The van der Waals surface area contributed by atoms with Gasteiger partial charge >= 0.3 is 0 Å². The molecule has 1 aliphatic heterocycles. The van der Waals surface area contributed by atoms with Crippen molar-refractivity contribution in [3.8, 4) is 0 Å². The number of halogens is 1. The summed E-state index contributed by atoms with van der Waals surface area (Å²) in [6.07, 6.45) is 5.31. The molecule has 1 aliphatic rings. The molecule has 2 heterocycles. The lowest BCUT2D eigenvalue weighted by Crippen LogP contribution is -2.45. The molecule has 1 atom stereocenters. The number of benzene rings is 2. The Morgan fingerprint density at radius 1 is 1.26 bits per heavy atom. The molecule has 136 valence electrons. The van der Waals surface area contributed by atoms with Crippen molar-refractivity contribution < 1.29 is 9.18 Å². The average molecular weight is 363 g/mol. The molecule has 0 bridgehead atoms. The highest BCUT2D eigenvalue weighted by Gasteiger charge is 2.26. The maximum atomic E-state index is 13.9. The molecule has 0 unspecified atom stereocenters. The molecule has 1 amide bonds. The van der Waals surface area contributed by atoms with Gasteiger partial charge in [-0.1, -0.05) is 12.1 Å². The molecule has 0 spiro atoms. The number of amides is 1. The maximum absolute atomic E-state index is 13.9. The van der Waals surface area contributed by atoms with E-state index in [0.29, 0.717) is 28.0 Å². The Kier molecular flexibility index (Phi) is 4.19. The number of para-hydroxylation sites is 1. The van der Waals surface area contributed by atoms with Crippen LogP contribution in [0.1, 0.15) is 17.3 Å². The molecule has 2 N–H and O–H groups in total. The Morgan fingerprint density at radius 3 is 2.70 bits per heavy atom. The molecule has 7 heteroatoms. The lowest BCUT2D eigenvalue weighted by atomic mass is 10.1. The number of fused-ring (bicyclic) bond motifs is 1. The minimum atomic E-state index is -0.554. The topological polar surface area (TPSA) is 75.3 Å². The van der Waals surface area contributed by atoms with E-state index in [1.807, 2.05) is 36.2 Å². The third kappa shape index (κ3) is 2.97. The number of hydrogen-bond acceptors (Lipinski definition) is 5. The van der Waals surface area contributed by atoms with Crippen LogP contribution in [-0.2, 0) is 0 Å². The first-order valence-electron chi connectivity index (χ1n) is 8.57. The van der Waals surface area contributed by atoms with Crippen LogP contribution in [0.3, 0.4) is 0 Å². The molecule has 6 nitrogen and oxygen atoms in total. The second-order valence-corrected chi connectivity index (χ2v) is 6.33. The van der Waals surface area contributed by atoms with Crippen molar-refractivity contribution in [2.75, 3.05) is 11.4 Å². The zero-order valence-electron chi connectivity index (χ0n) is 14.7. The highest BCUT2D eigenvalue weighted by Crippen LogP contribution is 2.34.